The Morgan fingerprint density at radius 3 is 2.77 bits per heavy atom. The van der Waals surface area contributed by atoms with Crippen molar-refractivity contribution in [2.45, 2.75) is 88.1 Å². The van der Waals surface area contributed by atoms with Crippen LogP contribution < -0.4 is 20.1 Å². The molecule has 13 nitrogen and oxygen atoms in total. The van der Waals surface area contributed by atoms with Gasteiger partial charge < -0.3 is 34.1 Å². The molecule has 4 N–H and O–H groups in total. The smallest absolute Gasteiger partial charge is 0.323 e. The summed E-state index contributed by atoms with van der Waals surface area (Å²) in [5.41, 5.74) is 2.37. The Morgan fingerprint density at radius 1 is 1.30 bits per heavy atom. The van der Waals surface area contributed by atoms with Crippen LogP contribution in [0.3, 0.4) is 0 Å². The average molecular weight is 651 g/mol. The van der Waals surface area contributed by atoms with E-state index >= 15 is 4.39 Å². The zero-order chi connectivity index (χ0) is 31.1. The van der Waals surface area contributed by atoms with Crippen molar-refractivity contribution in [1.82, 2.24) is 24.6 Å². The molecule has 16 heteroatoms. The number of carbonyl (C=O) groups excluding carboxylic acids is 1. The maximum atomic E-state index is 16.2. The lowest BCUT2D eigenvalue weighted by Crippen LogP contribution is -2.38. The number of benzene rings is 1. The van der Waals surface area contributed by atoms with Crippen molar-refractivity contribution in [1.29, 1.82) is 0 Å². The predicted molar refractivity (Wildman–Crippen MR) is 161 cm³/mol. The number of para-hydroxylation sites is 1. The SMILES string of the molecule is CCOc1nc(N)nc2c1ncn2[C@@H]1O[C@H](COP(=S)(NC(C)C(=O)OC2CCCCC2)Oc2ccccc2)[C@@]2(F)C[C@]12O. The Bertz CT molecular complexity index is 1560. The van der Waals surface area contributed by atoms with Crippen molar-refractivity contribution in [3.05, 3.63) is 36.7 Å². The zero-order valence-corrected chi connectivity index (χ0v) is 26.1. The highest BCUT2D eigenvalue weighted by molar-refractivity contribution is 8.09. The fourth-order valence-electron chi connectivity index (χ4n) is 5.81. The van der Waals surface area contributed by atoms with Crippen LogP contribution in [-0.4, -0.2) is 73.3 Å². The number of hydrogen-bond acceptors (Lipinski definition) is 12. The molecule has 0 bridgehead atoms. The normalized spacial score (nSPS) is 28.6. The summed E-state index contributed by atoms with van der Waals surface area (Å²) in [7, 11) is 0. The topological polar surface area (TPSA) is 165 Å². The van der Waals surface area contributed by atoms with Gasteiger partial charge in [0.15, 0.2) is 23.1 Å². The maximum absolute atomic E-state index is 16.2. The highest BCUT2D eigenvalue weighted by Crippen LogP contribution is 2.66. The molecule has 6 atom stereocenters. The third kappa shape index (κ3) is 5.88. The number of aromatic nitrogens is 4. The van der Waals surface area contributed by atoms with Gasteiger partial charge in [0.1, 0.15) is 29.6 Å². The molecule has 3 aromatic rings. The summed E-state index contributed by atoms with van der Waals surface area (Å²) < 4.78 is 47.0. The van der Waals surface area contributed by atoms with E-state index in [4.69, 9.17) is 40.8 Å². The first-order valence-corrected chi connectivity index (χ1v) is 17.4. The number of fused-ring (bicyclic) bond motifs is 2. The molecule has 0 amide bonds. The number of aliphatic hydroxyl groups is 1. The Kier molecular flexibility index (Phi) is 8.54. The predicted octanol–water partition coefficient (Wildman–Crippen LogP) is 3.72. The number of hydrogen-bond donors (Lipinski definition) is 3. The number of halogens is 1. The molecule has 2 unspecified atom stereocenters. The van der Waals surface area contributed by atoms with Gasteiger partial charge in [0.05, 0.1) is 19.5 Å². The lowest BCUT2D eigenvalue weighted by atomic mass is 9.98. The van der Waals surface area contributed by atoms with E-state index in [2.05, 4.69) is 20.0 Å². The number of nitrogens with one attached hydrogen (secondary N) is 1. The molecule has 2 saturated carbocycles. The highest BCUT2D eigenvalue weighted by atomic mass is 32.5. The van der Waals surface area contributed by atoms with Crippen LogP contribution in [0.15, 0.2) is 36.7 Å². The number of ether oxygens (including phenoxy) is 3. The summed E-state index contributed by atoms with van der Waals surface area (Å²) in [6.45, 7) is -0.121. The van der Waals surface area contributed by atoms with Gasteiger partial charge in [-0.1, -0.05) is 24.6 Å². The minimum absolute atomic E-state index is 0.0733. The Balaban J connectivity index is 1.20. The number of esters is 1. The van der Waals surface area contributed by atoms with Gasteiger partial charge in [0.25, 0.3) is 0 Å². The van der Waals surface area contributed by atoms with Crippen molar-refractivity contribution in [3.63, 3.8) is 0 Å². The summed E-state index contributed by atoms with van der Waals surface area (Å²) in [6, 6.07) is 7.89. The van der Waals surface area contributed by atoms with E-state index < -0.39 is 42.3 Å². The van der Waals surface area contributed by atoms with Gasteiger partial charge in [-0.25, -0.2) is 14.5 Å². The average Bonchev–Trinajstić information content (AvgIpc) is 3.24. The van der Waals surface area contributed by atoms with Crippen LogP contribution in [0.1, 0.15) is 58.6 Å². The Hall–Kier alpha value is -2.94. The molecule has 2 aromatic heterocycles. The monoisotopic (exact) mass is 650 g/mol. The number of nitrogens with two attached hydrogens (primary N) is 1. The number of alkyl halides is 1. The van der Waals surface area contributed by atoms with Crippen molar-refractivity contribution < 1.29 is 37.5 Å². The molecular formula is C28H36FN6O7PS. The molecule has 0 radical (unpaired) electrons. The zero-order valence-electron chi connectivity index (χ0n) is 24.4. The standard InChI is InChI=1S/C28H36FN6O7PS/c1-3-38-23-21-22(32-26(30)33-23)35(16-31-21)25-28(37)15-27(28,29)20(41-25)14-39-43(44,42-19-12-8-5-9-13-19)34-17(2)24(36)40-18-10-6-4-7-11-18/h5,8-9,12-13,16-18,20,25,37H,3-4,6-7,10-11,14-15H2,1-2H3,(H,34,44)(H2,30,32,33)/t17?,20-,25-,27+,28+,43?/m1/s1. The van der Waals surface area contributed by atoms with Crippen molar-refractivity contribution >= 4 is 41.5 Å². The van der Waals surface area contributed by atoms with Gasteiger partial charge >= 0.3 is 12.6 Å². The second-order valence-corrected chi connectivity index (χ2v) is 14.5. The largest absolute Gasteiger partial charge is 0.476 e. The maximum Gasteiger partial charge on any atom is 0.323 e. The fraction of sp³-hybridized carbons (Fsp3) is 0.571. The van der Waals surface area contributed by atoms with Crippen LogP contribution in [0.25, 0.3) is 11.2 Å². The molecule has 2 aliphatic carbocycles. The lowest BCUT2D eigenvalue weighted by molar-refractivity contribution is -0.152. The lowest BCUT2D eigenvalue weighted by Gasteiger charge is -2.29. The van der Waals surface area contributed by atoms with Gasteiger partial charge in [-0.05, 0) is 63.5 Å². The first-order valence-electron chi connectivity index (χ1n) is 14.7. The van der Waals surface area contributed by atoms with Crippen molar-refractivity contribution in [2.75, 3.05) is 18.9 Å². The number of imidazole rings is 1. The van der Waals surface area contributed by atoms with Gasteiger partial charge in [0, 0.05) is 6.42 Å². The molecule has 238 valence electrons. The summed E-state index contributed by atoms with van der Waals surface area (Å²) in [5, 5.41) is 14.3. The molecule has 0 spiro atoms. The van der Waals surface area contributed by atoms with E-state index in [0.29, 0.717) is 17.9 Å². The molecule has 1 aromatic carbocycles. The van der Waals surface area contributed by atoms with Crippen molar-refractivity contribution in [2.24, 2.45) is 0 Å². The number of anilines is 1. The van der Waals surface area contributed by atoms with E-state index in [0.717, 1.165) is 32.1 Å². The Morgan fingerprint density at radius 2 is 2.05 bits per heavy atom. The number of rotatable bonds is 12. The summed E-state index contributed by atoms with van der Waals surface area (Å²) in [6.07, 6.45) is 3.40. The van der Waals surface area contributed by atoms with E-state index in [1.807, 2.05) is 6.07 Å². The van der Waals surface area contributed by atoms with Gasteiger partial charge in [-0.2, -0.15) is 9.97 Å². The van der Waals surface area contributed by atoms with Gasteiger partial charge in [0.2, 0.25) is 11.8 Å². The highest BCUT2D eigenvalue weighted by Gasteiger charge is 2.82. The van der Waals surface area contributed by atoms with Crippen LogP contribution in [-0.2, 0) is 30.6 Å². The molecule has 1 saturated heterocycles. The van der Waals surface area contributed by atoms with Crippen LogP contribution in [0.5, 0.6) is 11.6 Å². The Labute approximate surface area is 258 Å². The van der Waals surface area contributed by atoms with Crippen LogP contribution in [0.4, 0.5) is 10.3 Å². The van der Waals surface area contributed by atoms with Gasteiger partial charge in [-0.15, -0.1) is 0 Å². The van der Waals surface area contributed by atoms with Gasteiger partial charge in [-0.3, -0.25) is 9.36 Å². The number of nitrogen functional groups attached to an aromatic ring is 1. The molecule has 3 fully saturated rings. The molecule has 3 heterocycles. The van der Waals surface area contributed by atoms with Crippen LogP contribution in [0, 0.1) is 0 Å². The van der Waals surface area contributed by atoms with E-state index in [1.54, 1.807) is 38.1 Å². The first-order chi connectivity index (χ1) is 21.0. The van der Waals surface area contributed by atoms with Crippen LogP contribution >= 0.6 is 6.64 Å². The van der Waals surface area contributed by atoms with E-state index in [9.17, 15) is 9.90 Å². The third-order valence-corrected chi connectivity index (χ3v) is 10.7. The molecular weight excluding hydrogens is 614 g/mol. The third-order valence-electron chi connectivity index (χ3n) is 8.18. The molecule has 1 aliphatic heterocycles. The van der Waals surface area contributed by atoms with E-state index in [1.165, 1.54) is 10.9 Å². The van der Waals surface area contributed by atoms with Crippen molar-refractivity contribution in [3.8, 4) is 11.6 Å². The minimum atomic E-state index is -3.48. The number of nitrogens with zero attached hydrogens (tertiary/aromatic N) is 4. The summed E-state index contributed by atoms with van der Waals surface area (Å²) in [5.74, 6) is 0.0334. The second kappa shape index (κ2) is 12.1. The first kappa shape index (κ1) is 31.1. The summed E-state index contributed by atoms with van der Waals surface area (Å²) >= 11 is 5.81. The number of carbonyl (C=O) groups is 1. The quantitative estimate of drug-likeness (QED) is 0.192. The fourth-order valence-corrected chi connectivity index (χ4v) is 8.21. The van der Waals surface area contributed by atoms with Crippen LogP contribution in [0.2, 0.25) is 0 Å². The molecule has 6 rings (SSSR count). The summed E-state index contributed by atoms with van der Waals surface area (Å²) in [4.78, 5) is 25.6. The molecule has 44 heavy (non-hydrogen) atoms. The second-order valence-electron chi connectivity index (χ2n) is 11.3. The van der Waals surface area contributed by atoms with E-state index in [-0.39, 0.29) is 36.6 Å². The minimum Gasteiger partial charge on any atom is -0.476 e. The molecule has 3 aliphatic rings.